The molecule has 1 aromatic carbocycles. The van der Waals surface area contributed by atoms with Crippen LogP contribution in [0.25, 0.3) is 10.4 Å². The SMILES string of the molecule is [N-]=[N+]=NCCNC(=O)c1cc(Cl)cc(Cl)c1. The monoisotopic (exact) mass is 258 g/mol. The lowest BCUT2D eigenvalue weighted by molar-refractivity contribution is 0.0955. The Balaban J connectivity index is 2.62. The summed E-state index contributed by atoms with van der Waals surface area (Å²) in [7, 11) is 0. The minimum atomic E-state index is -0.308. The van der Waals surface area contributed by atoms with Gasteiger partial charge in [0.15, 0.2) is 0 Å². The summed E-state index contributed by atoms with van der Waals surface area (Å²) in [6.45, 7) is 0.476. The fourth-order valence-electron chi connectivity index (χ4n) is 1.05. The van der Waals surface area contributed by atoms with E-state index in [1.54, 1.807) is 6.07 Å². The van der Waals surface area contributed by atoms with Gasteiger partial charge in [-0.3, -0.25) is 4.79 Å². The average molecular weight is 259 g/mol. The van der Waals surface area contributed by atoms with Crippen molar-refractivity contribution in [3.63, 3.8) is 0 Å². The molecule has 0 aliphatic carbocycles. The fourth-order valence-corrected chi connectivity index (χ4v) is 1.58. The molecule has 5 nitrogen and oxygen atoms in total. The number of azide groups is 1. The van der Waals surface area contributed by atoms with Gasteiger partial charge in [0.2, 0.25) is 0 Å². The number of nitrogens with zero attached hydrogens (tertiary/aromatic N) is 3. The van der Waals surface area contributed by atoms with Crippen molar-refractivity contribution in [2.45, 2.75) is 0 Å². The molecule has 0 aliphatic rings. The quantitative estimate of drug-likeness (QED) is 0.383. The van der Waals surface area contributed by atoms with E-state index < -0.39 is 0 Å². The van der Waals surface area contributed by atoms with Crippen LogP contribution in [-0.4, -0.2) is 19.0 Å². The molecule has 0 unspecified atom stereocenters. The van der Waals surface area contributed by atoms with Crippen LogP contribution >= 0.6 is 23.2 Å². The number of rotatable bonds is 4. The van der Waals surface area contributed by atoms with Gasteiger partial charge < -0.3 is 5.32 Å². The lowest BCUT2D eigenvalue weighted by Crippen LogP contribution is -2.25. The molecule has 0 fully saturated rings. The molecule has 16 heavy (non-hydrogen) atoms. The summed E-state index contributed by atoms with van der Waals surface area (Å²) in [5, 5.41) is 6.65. The van der Waals surface area contributed by atoms with E-state index in [-0.39, 0.29) is 19.0 Å². The molecule has 0 heterocycles. The fraction of sp³-hybridized carbons (Fsp3) is 0.222. The molecule has 0 saturated carbocycles. The van der Waals surface area contributed by atoms with E-state index in [0.29, 0.717) is 15.6 Å². The smallest absolute Gasteiger partial charge is 0.251 e. The lowest BCUT2D eigenvalue weighted by atomic mass is 10.2. The van der Waals surface area contributed by atoms with Gasteiger partial charge in [-0.2, -0.15) is 0 Å². The molecule has 1 rings (SSSR count). The molecule has 7 heteroatoms. The number of amides is 1. The highest BCUT2D eigenvalue weighted by Gasteiger charge is 2.06. The van der Waals surface area contributed by atoms with Gasteiger partial charge in [-0.1, -0.05) is 28.3 Å². The predicted octanol–water partition coefficient (Wildman–Crippen LogP) is 3.03. The minimum Gasteiger partial charge on any atom is -0.352 e. The molecule has 0 atom stereocenters. The van der Waals surface area contributed by atoms with Crippen LogP contribution in [0.4, 0.5) is 0 Å². The predicted molar refractivity (Wildman–Crippen MR) is 62.8 cm³/mol. The highest BCUT2D eigenvalue weighted by molar-refractivity contribution is 6.35. The van der Waals surface area contributed by atoms with Crippen molar-refractivity contribution >= 4 is 29.1 Å². The van der Waals surface area contributed by atoms with Gasteiger partial charge in [0.25, 0.3) is 5.91 Å². The van der Waals surface area contributed by atoms with Crippen LogP contribution < -0.4 is 5.32 Å². The Bertz CT molecular complexity index is 423. The summed E-state index contributed by atoms with van der Waals surface area (Å²) in [5.74, 6) is -0.308. The number of carbonyl (C=O) groups excluding carboxylic acids is 1. The normalized spacial score (nSPS) is 9.38. The van der Waals surface area contributed by atoms with Crippen LogP contribution in [0.2, 0.25) is 10.0 Å². The molecule has 0 aromatic heterocycles. The summed E-state index contributed by atoms with van der Waals surface area (Å²) in [4.78, 5) is 14.1. The minimum absolute atomic E-state index is 0.205. The van der Waals surface area contributed by atoms with Gasteiger partial charge in [-0.25, -0.2) is 0 Å². The highest BCUT2D eigenvalue weighted by atomic mass is 35.5. The molecular weight excluding hydrogens is 251 g/mol. The van der Waals surface area contributed by atoms with Crippen molar-refractivity contribution in [3.05, 3.63) is 44.3 Å². The maximum atomic E-state index is 11.5. The Kier molecular flexibility index (Phi) is 4.92. The number of hydrogen-bond donors (Lipinski definition) is 1. The van der Waals surface area contributed by atoms with E-state index in [2.05, 4.69) is 15.3 Å². The number of benzene rings is 1. The van der Waals surface area contributed by atoms with E-state index in [4.69, 9.17) is 28.7 Å². The molecule has 0 radical (unpaired) electrons. The third-order valence-electron chi connectivity index (χ3n) is 1.69. The Hall–Kier alpha value is -1.42. The van der Waals surface area contributed by atoms with Gasteiger partial charge in [-0.05, 0) is 23.7 Å². The average Bonchev–Trinajstić information content (AvgIpc) is 2.22. The number of nitrogens with one attached hydrogen (secondary N) is 1. The first-order chi connectivity index (χ1) is 7.63. The van der Waals surface area contributed by atoms with E-state index in [0.717, 1.165) is 0 Å². The summed E-state index contributed by atoms with van der Waals surface area (Å²) < 4.78 is 0. The Morgan fingerprint density at radius 1 is 1.38 bits per heavy atom. The first-order valence-corrected chi connectivity index (χ1v) is 5.14. The zero-order valence-corrected chi connectivity index (χ0v) is 9.66. The van der Waals surface area contributed by atoms with Gasteiger partial charge >= 0.3 is 0 Å². The molecule has 0 bridgehead atoms. The van der Waals surface area contributed by atoms with Crippen LogP contribution in [0.1, 0.15) is 10.4 Å². The Morgan fingerprint density at radius 2 is 2.00 bits per heavy atom. The summed E-state index contributed by atoms with van der Waals surface area (Å²) in [6, 6.07) is 4.56. The maximum Gasteiger partial charge on any atom is 0.251 e. The summed E-state index contributed by atoms with van der Waals surface area (Å²) >= 11 is 11.5. The summed E-state index contributed by atoms with van der Waals surface area (Å²) in [6.07, 6.45) is 0. The van der Waals surface area contributed by atoms with Crippen molar-refractivity contribution in [1.29, 1.82) is 0 Å². The first kappa shape index (κ1) is 12.6. The number of carbonyl (C=O) groups is 1. The second kappa shape index (κ2) is 6.23. The Labute approximate surface area is 102 Å². The van der Waals surface area contributed by atoms with Crippen LogP contribution in [-0.2, 0) is 0 Å². The van der Waals surface area contributed by atoms with E-state index in [1.807, 2.05) is 0 Å². The molecule has 1 N–H and O–H groups in total. The van der Waals surface area contributed by atoms with Crippen LogP contribution in [0.15, 0.2) is 23.3 Å². The molecule has 0 aliphatic heterocycles. The van der Waals surface area contributed by atoms with E-state index in [9.17, 15) is 4.79 Å². The van der Waals surface area contributed by atoms with Crippen molar-refractivity contribution in [1.82, 2.24) is 5.32 Å². The maximum absolute atomic E-state index is 11.5. The number of halogens is 2. The van der Waals surface area contributed by atoms with Gasteiger partial charge in [-0.15, -0.1) is 0 Å². The summed E-state index contributed by atoms with van der Waals surface area (Å²) in [5.41, 5.74) is 8.41. The van der Waals surface area contributed by atoms with Gasteiger partial charge in [0.05, 0.1) is 0 Å². The van der Waals surface area contributed by atoms with Crippen molar-refractivity contribution in [3.8, 4) is 0 Å². The van der Waals surface area contributed by atoms with E-state index >= 15 is 0 Å². The van der Waals surface area contributed by atoms with Crippen molar-refractivity contribution in [2.24, 2.45) is 5.11 Å². The standard InChI is InChI=1S/C9H8Cl2N4O/c10-7-3-6(4-8(11)5-7)9(16)13-1-2-14-15-12/h3-5H,1-2H2,(H,13,16). The molecular formula is C9H8Cl2N4O. The largest absolute Gasteiger partial charge is 0.352 e. The molecule has 1 aromatic rings. The number of hydrogen-bond acceptors (Lipinski definition) is 2. The lowest BCUT2D eigenvalue weighted by Gasteiger charge is -2.04. The zero-order chi connectivity index (χ0) is 12.0. The van der Waals surface area contributed by atoms with Crippen molar-refractivity contribution < 1.29 is 4.79 Å². The molecule has 84 valence electrons. The third-order valence-corrected chi connectivity index (χ3v) is 2.12. The first-order valence-electron chi connectivity index (χ1n) is 4.38. The highest BCUT2D eigenvalue weighted by Crippen LogP contribution is 2.18. The third kappa shape index (κ3) is 3.98. The topological polar surface area (TPSA) is 77.9 Å². The van der Waals surface area contributed by atoms with E-state index in [1.165, 1.54) is 12.1 Å². The second-order valence-electron chi connectivity index (χ2n) is 2.87. The van der Waals surface area contributed by atoms with Crippen LogP contribution in [0, 0.1) is 0 Å². The van der Waals surface area contributed by atoms with Crippen molar-refractivity contribution in [2.75, 3.05) is 13.1 Å². The van der Waals surface area contributed by atoms with Crippen LogP contribution in [0.3, 0.4) is 0 Å². The van der Waals surface area contributed by atoms with Gasteiger partial charge in [0.1, 0.15) is 0 Å². The molecule has 0 saturated heterocycles. The van der Waals surface area contributed by atoms with Gasteiger partial charge in [0, 0.05) is 33.6 Å². The zero-order valence-electron chi connectivity index (χ0n) is 8.15. The molecule has 1 amide bonds. The van der Waals surface area contributed by atoms with Crippen LogP contribution in [0.5, 0.6) is 0 Å². The second-order valence-corrected chi connectivity index (χ2v) is 3.74. The molecule has 0 spiro atoms. The Morgan fingerprint density at radius 3 is 2.56 bits per heavy atom.